The molecular weight excluding hydrogens is 444 g/mol. The number of hydrogen-bond acceptors (Lipinski definition) is 12. The molecule has 2 aromatic carbocycles. The van der Waals surface area contributed by atoms with Gasteiger partial charge < -0.3 is 60.2 Å². The quantitative estimate of drug-likeness (QED) is 0.244. The number of aliphatic hydroxyl groups excluding tert-OH is 5. The lowest BCUT2D eigenvalue weighted by Gasteiger charge is -2.44. The summed E-state index contributed by atoms with van der Waals surface area (Å²) in [6, 6.07) is 5.80. The van der Waals surface area contributed by atoms with Gasteiger partial charge in [0.25, 0.3) is 0 Å². The Kier molecular flexibility index (Phi) is 6.24. The molecule has 0 amide bonds. The van der Waals surface area contributed by atoms with Crippen LogP contribution >= 0.6 is 0 Å². The molecular formula is C21H24O12. The highest BCUT2D eigenvalue weighted by molar-refractivity contribution is 5.53. The SMILES string of the molecule is OC[C@H]1OC(OC2C(O)c3c(O)cc(O)cc3OC2c2ccc(O)c(O)c2)[C@H](O)[C@@H](O)[C@@H]1O. The van der Waals surface area contributed by atoms with Crippen molar-refractivity contribution in [2.24, 2.45) is 0 Å². The second-order valence-corrected chi connectivity index (χ2v) is 7.91. The average molecular weight is 468 g/mol. The average Bonchev–Trinajstić information content (AvgIpc) is 2.76. The number of phenols is 4. The maximum Gasteiger partial charge on any atom is 0.187 e. The number of hydrogen-bond donors (Lipinski definition) is 9. The van der Waals surface area contributed by atoms with Crippen molar-refractivity contribution in [2.75, 3.05) is 6.61 Å². The Bertz CT molecular complexity index is 1010. The summed E-state index contributed by atoms with van der Waals surface area (Å²) in [5.74, 6) is -1.86. The summed E-state index contributed by atoms with van der Waals surface area (Å²) in [6.45, 7) is -0.702. The topological polar surface area (TPSA) is 210 Å². The standard InChI is InChI=1S/C21H24O12/c22-6-13-15(27)17(29)18(30)21(32-13)33-20-16(28)14-11(26)4-8(23)5-12(14)31-19(20)7-1-2-9(24)10(25)3-7/h1-5,13,15-30H,6H2/t13-,15-,16?,17+,18-,19?,20?,21?/m1/s1. The van der Waals surface area contributed by atoms with Gasteiger partial charge in [-0.05, 0) is 17.7 Å². The first-order valence-electron chi connectivity index (χ1n) is 10.0. The predicted octanol–water partition coefficient (Wildman–Crippen LogP) is -1.14. The van der Waals surface area contributed by atoms with Gasteiger partial charge in [0.05, 0.1) is 12.2 Å². The van der Waals surface area contributed by atoms with E-state index in [1.807, 2.05) is 0 Å². The Morgan fingerprint density at radius 2 is 1.55 bits per heavy atom. The minimum absolute atomic E-state index is 0.0915. The second kappa shape index (κ2) is 8.83. The van der Waals surface area contributed by atoms with Crippen molar-refractivity contribution in [1.82, 2.24) is 0 Å². The highest BCUT2D eigenvalue weighted by Gasteiger charge is 2.49. The summed E-state index contributed by atoms with van der Waals surface area (Å²) in [5.41, 5.74) is 0.0639. The number of benzene rings is 2. The largest absolute Gasteiger partial charge is 0.508 e. The third-order valence-electron chi connectivity index (χ3n) is 5.73. The second-order valence-electron chi connectivity index (χ2n) is 7.91. The van der Waals surface area contributed by atoms with E-state index in [2.05, 4.69) is 0 Å². The lowest BCUT2D eigenvalue weighted by atomic mass is 9.90. The molecule has 33 heavy (non-hydrogen) atoms. The van der Waals surface area contributed by atoms with Crippen LogP contribution in [0.3, 0.4) is 0 Å². The van der Waals surface area contributed by atoms with Gasteiger partial charge in [0.2, 0.25) is 0 Å². The third kappa shape index (κ3) is 4.13. The smallest absolute Gasteiger partial charge is 0.187 e. The van der Waals surface area contributed by atoms with E-state index in [0.717, 1.165) is 18.2 Å². The number of aromatic hydroxyl groups is 4. The number of fused-ring (bicyclic) bond motifs is 1. The van der Waals surface area contributed by atoms with Gasteiger partial charge in [-0.1, -0.05) is 6.07 Å². The molecule has 4 rings (SSSR count). The van der Waals surface area contributed by atoms with Crippen LogP contribution in [0.2, 0.25) is 0 Å². The molecule has 1 saturated heterocycles. The Labute approximate surface area is 186 Å². The van der Waals surface area contributed by atoms with Gasteiger partial charge in [-0.25, -0.2) is 0 Å². The van der Waals surface area contributed by atoms with Gasteiger partial charge in [-0.15, -0.1) is 0 Å². The van der Waals surface area contributed by atoms with E-state index < -0.39 is 72.9 Å². The summed E-state index contributed by atoms with van der Waals surface area (Å²) in [7, 11) is 0. The zero-order valence-corrected chi connectivity index (χ0v) is 17.0. The monoisotopic (exact) mass is 468 g/mol. The van der Waals surface area contributed by atoms with Crippen LogP contribution in [0.1, 0.15) is 23.3 Å². The maximum atomic E-state index is 11.0. The van der Waals surface area contributed by atoms with E-state index in [0.29, 0.717) is 0 Å². The summed E-state index contributed by atoms with van der Waals surface area (Å²) >= 11 is 0. The normalized spacial score (nSPS) is 33.8. The van der Waals surface area contributed by atoms with E-state index in [9.17, 15) is 46.0 Å². The summed E-state index contributed by atoms with van der Waals surface area (Å²) in [4.78, 5) is 0. The molecule has 180 valence electrons. The first-order valence-corrected chi connectivity index (χ1v) is 10.0. The minimum Gasteiger partial charge on any atom is -0.508 e. The zero-order chi connectivity index (χ0) is 24.0. The molecule has 0 aromatic heterocycles. The van der Waals surface area contributed by atoms with Crippen molar-refractivity contribution in [3.8, 4) is 28.7 Å². The van der Waals surface area contributed by atoms with Gasteiger partial charge >= 0.3 is 0 Å². The van der Waals surface area contributed by atoms with Crippen LogP contribution in [-0.2, 0) is 9.47 Å². The minimum atomic E-state index is -1.78. The fraction of sp³-hybridized carbons (Fsp3) is 0.429. The molecule has 0 bridgehead atoms. The highest BCUT2D eigenvalue weighted by Crippen LogP contribution is 2.49. The number of rotatable bonds is 4. The molecule has 9 N–H and O–H groups in total. The van der Waals surface area contributed by atoms with Gasteiger partial charge in [0.15, 0.2) is 23.9 Å². The van der Waals surface area contributed by atoms with Gasteiger partial charge in [-0.3, -0.25) is 0 Å². The van der Waals surface area contributed by atoms with Gasteiger partial charge in [0.1, 0.15) is 53.9 Å². The first kappa shape index (κ1) is 23.3. The van der Waals surface area contributed by atoms with Crippen molar-refractivity contribution in [3.63, 3.8) is 0 Å². The van der Waals surface area contributed by atoms with Crippen LogP contribution in [0.15, 0.2) is 30.3 Å². The molecule has 0 aliphatic carbocycles. The molecule has 12 nitrogen and oxygen atoms in total. The van der Waals surface area contributed by atoms with Crippen LogP contribution in [0.25, 0.3) is 0 Å². The molecule has 0 radical (unpaired) electrons. The zero-order valence-electron chi connectivity index (χ0n) is 17.0. The Morgan fingerprint density at radius 3 is 2.21 bits per heavy atom. The molecule has 2 aromatic rings. The van der Waals surface area contributed by atoms with E-state index in [1.54, 1.807) is 0 Å². The molecule has 0 spiro atoms. The van der Waals surface area contributed by atoms with Crippen molar-refractivity contribution < 1.29 is 60.2 Å². The number of phenolic OH excluding ortho intramolecular Hbond substituents is 4. The Hall–Kier alpha value is -2.84. The van der Waals surface area contributed by atoms with Crippen LogP contribution < -0.4 is 4.74 Å². The highest BCUT2D eigenvalue weighted by atomic mass is 16.7. The van der Waals surface area contributed by atoms with E-state index in [-0.39, 0.29) is 22.6 Å². The van der Waals surface area contributed by atoms with Crippen LogP contribution in [0.4, 0.5) is 0 Å². The van der Waals surface area contributed by atoms with Gasteiger partial charge in [0, 0.05) is 12.1 Å². The summed E-state index contributed by atoms with van der Waals surface area (Å²) < 4.78 is 16.9. The van der Waals surface area contributed by atoms with Crippen molar-refractivity contribution >= 4 is 0 Å². The van der Waals surface area contributed by atoms with Crippen LogP contribution in [0, 0.1) is 0 Å². The molecule has 4 unspecified atom stereocenters. The number of aliphatic hydroxyl groups is 5. The lowest BCUT2D eigenvalue weighted by Crippen LogP contribution is -2.60. The molecule has 2 aliphatic heterocycles. The Balaban J connectivity index is 1.74. The third-order valence-corrected chi connectivity index (χ3v) is 5.73. The summed E-state index contributed by atoms with van der Waals surface area (Å²) in [6.07, 6.45) is -12.3. The van der Waals surface area contributed by atoms with Crippen LogP contribution in [0.5, 0.6) is 28.7 Å². The first-order chi connectivity index (χ1) is 15.6. The van der Waals surface area contributed by atoms with Crippen molar-refractivity contribution in [1.29, 1.82) is 0 Å². The molecule has 2 aliphatic rings. The predicted molar refractivity (Wildman–Crippen MR) is 107 cm³/mol. The van der Waals surface area contributed by atoms with E-state index in [1.165, 1.54) is 12.1 Å². The molecule has 12 heteroatoms. The Morgan fingerprint density at radius 1 is 0.818 bits per heavy atom. The number of ether oxygens (including phenoxy) is 3. The van der Waals surface area contributed by atoms with E-state index in [4.69, 9.17) is 14.2 Å². The molecule has 2 heterocycles. The van der Waals surface area contributed by atoms with E-state index >= 15 is 0 Å². The lowest BCUT2D eigenvalue weighted by molar-refractivity contribution is -0.325. The molecule has 8 atom stereocenters. The molecule has 1 fully saturated rings. The van der Waals surface area contributed by atoms with Crippen molar-refractivity contribution in [3.05, 3.63) is 41.5 Å². The fourth-order valence-electron chi connectivity index (χ4n) is 3.98. The molecule has 0 saturated carbocycles. The van der Waals surface area contributed by atoms with Crippen molar-refractivity contribution in [2.45, 2.75) is 49.0 Å². The summed E-state index contributed by atoms with van der Waals surface area (Å²) in [5, 5.41) is 90.4. The maximum absolute atomic E-state index is 11.0. The van der Waals surface area contributed by atoms with Gasteiger partial charge in [-0.2, -0.15) is 0 Å². The van der Waals surface area contributed by atoms with Crippen LogP contribution in [-0.4, -0.2) is 89.4 Å². The fourth-order valence-corrected chi connectivity index (χ4v) is 3.98.